The Bertz CT molecular complexity index is 1520. The molecular weight excluding hydrogens is 460 g/mol. The van der Waals surface area contributed by atoms with Gasteiger partial charge >= 0.3 is 6.09 Å². The van der Waals surface area contributed by atoms with E-state index in [1.165, 1.54) is 0 Å². The lowest BCUT2D eigenvalue weighted by Crippen LogP contribution is -2.35. The molecule has 184 valence electrons. The molecule has 0 N–H and O–H groups in total. The number of carbonyl (C=O) groups excluding carboxylic acids is 1. The van der Waals surface area contributed by atoms with Gasteiger partial charge in [0.1, 0.15) is 5.60 Å². The van der Waals surface area contributed by atoms with E-state index in [2.05, 4.69) is 4.57 Å². The molecule has 6 nitrogen and oxygen atoms in total. The number of hydrogen-bond acceptors (Lipinski definition) is 4. The molecule has 0 saturated heterocycles. The molecule has 1 aromatic heterocycles. The minimum Gasteiger partial charge on any atom is -0.444 e. The minimum atomic E-state index is -3.74. The molecule has 0 aliphatic carbocycles. The molecule has 0 bridgehead atoms. The van der Waals surface area contributed by atoms with Crippen molar-refractivity contribution >= 4 is 37.6 Å². The Hall–Kier alpha value is -3.32. The number of rotatable bonds is 5. The third-order valence-electron chi connectivity index (χ3n) is 6.35. The maximum atomic E-state index is 13.7. The van der Waals surface area contributed by atoms with Crippen LogP contribution >= 0.6 is 0 Å². The van der Waals surface area contributed by atoms with E-state index in [1.54, 1.807) is 36.2 Å². The lowest BCUT2D eigenvalue weighted by Gasteiger charge is -2.24. The first-order chi connectivity index (χ1) is 16.4. The monoisotopic (exact) mass is 492 g/mol. The topological polar surface area (TPSA) is 68.6 Å². The number of nitrogens with zero attached hydrogens (tertiary/aromatic N) is 2. The summed E-state index contributed by atoms with van der Waals surface area (Å²) in [5.41, 5.74) is 2.45. The second kappa shape index (κ2) is 9.04. The van der Waals surface area contributed by atoms with Crippen LogP contribution in [-0.4, -0.2) is 43.2 Å². The summed E-state index contributed by atoms with van der Waals surface area (Å²) in [6.07, 6.45) is 0.200. The van der Waals surface area contributed by atoms with Crippen LogP contribution in [0.5, 0.6) is 0 Å². The van der Waals surface area contributed by atoms with Crippen LogP contribution in [0.1, 0.15) is 32.0 Å². The average Bonchev–Trinajstić information content (AvgIpc) is 3.05. The third-order valence-corrected chi connectivity index (χ3v) is 8.16. The van der Waals surface area contributed by atoms with Gasteiger partial charge in [0.25, 0.3) is 0 Å². The maximum Gasteiger partial charge on any atom is 0.410 e. The zero-order chi connectivity index (χ0) is 25.5. The Balaban J connectivity index is 1.72. The van der Waals surface area contributed by atoms with Gasteiger partial charge in [-0.1, -0.05) is 36.4 Å². The molecule has 4 rings (SSSR count). The van der Waals surface area contributed by atoms with E-state index in [0.717, 1.165) is 27.5 Å². The van der Waals surface area contributed by atoms with Crippen molar-refractivity contribution in [3.63, 3.8) is 0 Å². The lowest BCUT2D eigenvalue weighted by molar-refractivity contribution is 0.0300. The molecule has 35 heavy (non-hydrogen) atoms. The van der Waals surface area contributed by atoms with Crippen LogP contribution in [0, 0.1) is 6.92 Å². The summed E-state index contributed by atoms with van der Waals surface area (Å²) < 4.78 is 34.9. The fourth-order valence-electron chi connectivity index (χ4n) is 4.38. The lowest BCUT2D eigenvalue weighted by atomic mass is 10.1. The second-order valence-corrected chi connectivity index (χ2v) is 11.9. The molecule has 4 aromatic rings. The zero-order valence-corrected chi connectivity index (χ0v) is 21.9. The fraction of sp³-hybridized carbons (Fsp3) is 0.321. The summed E-state index contributed by atoms with van der Waals surface area (Å²) in [4.78, 5) is 14.5. The number of fused-ring (bicyclic) bond motifs is 2. The van der Waals surface area contributed by atoms with Crippen LogP contribution < -0.4 is 0 Å². The van der Waals surface area contributed by atoms with Crippen LogP contribution in [0.3, 0.4) is 0 Å². The molecule has 0 fully saturated rings. The van der Waals surface area contributed by atoms with Crippen LogP contribution in [-0.2, 0) is 28.0 Å². The molecule has 1 amide bonds. The van der Waals surface area contributed by atoms with Crippen molar-refractivity contribution in [1.29, 1.82) is 0 Å². The van der Waals surface area contributed by atoms with Crippen LogP contribution in [0.4, 0.5) is 4.79 Å². The number of aromatic nitrogens is 1. The van der Waals surface area contributed by atoms with Gasteiger partial charge < -0.3 is 14.2 Å². The molecular formula is C28H32N2O4S. The fourth-order valence-corrected chi connectivity index (χ4v) is 5.88. The molecule has 1 heterocycles. The first-order valence-electron chi connectivity index (χ1n) is 11.6. The Morgan fingerprint density at radius 1 is 1.00 bits per heavy atom. The van der Waals surface area contributed by atoms with E-state index in [0.29, 0.717) is 23.2 Å². The molecule has 0 spiro atoms. The van der Waals surface area contributed by atoms with Crippen molar-refractivity contribution in [1.82, 2.24) is 9.47 Å². The normalized spacial score (nSPS) is 12.3. The summed E-state index contributed by atoms with van der Waals surface area (Å²) in [6.45, 7) is 7.99. The summed E-state index contributed by atoms with van der Waals surface area (Å²) in [5, 5.41) is 2.47. The highest BCUT2D eigenvalue weighted by Crippen LogP contribution is 2.33. The molecule has 0 aliphatic rings. The molecule has 0 aliphatic heterocycles. The van der Waals surface area contributed by atoms with Gasteiger partial charge in [0, 0.05) is 42.6 Å². The van der Waals surface area contributed by atoms with E-state index in [-0.39, 0.29) is 11.0 Å². The quantitative estimate of drug-likeness (QED) is 0.349. The van der Waals surface area contributed by atoms with Crippen molar-refractivity contribution in [2.24, 2.45) is 7.05 Å². The number of hydrogen-bond donors (Lipinski definition) is 0. The Morgan fingerprint density at radius 3 is 2.40 bits per heavy atom. The number of carbonyl (C=O) groups is 1. The molecule has 3 aromatic carbocycles. The van der Waals surface area contributed by atoms with Gasteiger partial charge in [0.05, 0.1) is 9.79 Å². The van der Waals surface area contributed by atoms with E-state index < -0.39 is 15.4 Å². The molecule has 0 atom stereocenters. The van der Waals surface area contributed by atoms with Gasteiger partial charge in [-0.25, -0.2) is 13.2 Å². The molecule has 0 unspecified atom stereocenters. The Kier molecular flexibility index (Phi) is 6.40. The summed E-state index contributed by atoms with van der Waals surface area (Å²) >= 11 is 0. The van der Waals surface area contributed by atoms with E-state index in [1.807, 2.05) is 71.1 Å². The van der Waals surface area contributed by atoms with Crippen molar-refractivity contribution in [2.45, 2.75) is 49.5 Å². The third kappa shape index (κ3) is 4.78. The van der Waals surface area contributed by atoms with Gasteiger partial charge in [-0.15, -0.1) is 0 Å². The van der Waals surface area contributed by atoms with E-state index >= 15 is 0 Å². The number of benzene rings is 3. The first-order valence-corrected chi connectivity index (χ1v) is 13.1. The van der Waals surface area contributed by atoms with Gasteiger partial charge in [-0.2, -0.15) is 0 Å². The molecule has 0 saturated carbocycles. The average molecular weight is 493 g/mol. The van der Waals surface area contributed by atoms with Crippen LogP contribution in [0.15, 0.2) is 70.5 Å². The SMILES string of the molecule is Cc1c(CCN(C)C(=O)OC(C)(C)C)c2cc(S(=O)(=O)c3cccc4ccccc34)ccc2n1C. The predicted octanol–water partition coefficient (Wildman–Crippen LogP) is 5.88. The van der Waals surface area contributed by atoms with Gasteiger partial charge in [0.15, 0.2) is 0 Å². The first kappa shape index (κ1) is 24.8. The predicted molar refractivity (Wildman–Crippen MR) is 140 cm³/mol. The number of sulfone groups is 1. The van der Waals surface area contributed by atoms with Crippen LogP contribution in [0.25, 0.3) is 21.7 Å². The van der Waals surface area contributed by atoms with Crippen molar-refractivity contribution in [2.75, 3.05) is 13.6 Å². The number of amides is 1. The summed E-state index contributed by atoms with van der Waals surface area (Å²) in [7, 11) is -0.0531. The standard InChI is InChI=1S/C28H32N2O4S/c1-19-22(16-17-29(5)27(31)34-28(2,3)4)24-18-21(14-15-25(24)30(19)6)35(32,33)26-13-9-11-20-10-7-8-12-23(20)26/h7-15,18H,16-17H2,1-6H3. The summed E-state index contributed by atoms with van der Waals surface area (Å²) in [6, 6.07) is 18.2. The van der Waals surface area contributed by atoms with Gasteiger partial charge in [-0.05, 0) is 69.3 Å². The maximum absolute atomic E-state index is 13.7. The second-order valence-electron chi connectivity index (χ2n) is 9.93. The molecule has 0 radical (unpaired) electrons. The Labute approximate surface area is 207 Å². The number of ether oxygens (including phenoxy) is 1. The van der Waals surface area contributed by atoms with Crippen LogP contribution in [0.2, 0.25) is 0 Å². The largest absolute Gasteiger partial charge is 0.444 e. The smallest absolute Gasteiger partial charge is 0.410 e. The summed E-state index contributed by atoms with van der Waals surface area (Å²) in [5.74, 6) is 0. The van der Waals surface area contributed by atoms with Crippen molar-refractivity contribution in [3.8, 4) is 0 Å². The highest BCUT2D eigenvalue weighted by atomic mass is 32.2. The van der Waals surface area contributed by atoms with Gasteiger partial charge in [0.2, 0.25) is 9.84 Å². The number of likely N-dealkylation sites (N-methyl/N-ethyl adjacent to an activating group) is 1. The zero-order valence-electron chi connectivity index (χ0n) is 21.1. The minimum absolute atomic E-state index is 0.258. The Morgan fingerprint density at radius 2 is 1.69 bits per heavy atom. The van der Waals surface area contributed by atoms with Crippen molar-refractivity contribution < 1.29 is 17.9 Å². The highest BCUT2D eigenvalue weighted by Gasteiger charge is 2.24. The van der Waals surface area contributed by atoms with Gasteiger partial charge in [-0.3, -0.25) is 0 Å². The highest BCUT2D eigenvalue weighted by molar-refractivity contribution is 7.91. The van der Waals surface area contributed by atoms with Crippen molar-refractivity contribution in [3.05, 3.63) is 71.9 Å². The number of aryl methyl sites for hydroxylation is 1. The molecule has 7 heteroatoms. The van der Waals surface area contributed by atoms with E-state index in [4.69, 9.17) is 4.74 Å². The van der Waals surface area contributed by atoms with E-state index in [9.17, 15) is 13.2 Å².